The van der Waals surface area contributed by atoms with Gasteiger partial charge in [-0.3, -0.25) is 9.78 Å². The number of carbonyl (C=O) groups excluding carboxylic acids is 1. The minimum atomic E-state index is -0.916. The normalized spacial score (nSPS) is 14.4. The van der Waals surface area contributed by atoms with Gasteiger partial charge in [-0.1, -0.05) is 25.7 Å². The van der Waals surface area contributed by atoms with Gasteiger partial charge >= 0.3 is 6.09 Å². The summed E-state index contributed by atoms with van der Waals surface area (Å²) in [6, 6.07) is 2.14. The number of aromatic amines is 1. The van der Waals surface area contributed by atoms with E-state index in [1.165, 1.54) is 23.5 Å². The average Bonchev–Trinajstić information content (AvgIpc) is 3.20. The maximum Gasteiger partial charge on any atom is 0.410 e. The van der Waals surface area contributed by atoms with Gasteiger partial charge in [-0.2, -0.15) is 0 Å². The van der Waals surface area contributed by atoms with Crippen molar-refractivity contribution in [2.45, 2.75) is 77.2 Å². The van der Waals surface area contributed by atoms with Crippen LogP contribution in [0.2, 0.25) is 0 Å². The van der Waals surface area contributed by atoms with Crippen molar-refractivity contribution in [3.8, 4) is 28.4 Å². The van der Waals surface area contributed by atoms with Gasteiger partial charge in [0.15, 0.2) is 5.82 Å². The molecule has 1 saturated carbocycles. The van der Waals surface area contributed by atoms with Gasteiger partial charge in [-0.05, 0) is 40.0 Å². The fraction of sp³-hybridized carbons (Fsp3) is 0.500. The van der Waals surface area contributed by atoms with Crippen LogP contribution in [0.5, 0.6) is 5.75 Å². The van der Waals surface area contributed by atoms with E-state index < -0.39 is 34.5 Å². The zero-order valence-electron chi connectivity index (χ0n) is 24.0. The van der Waals surface area contributed by atoms with E-state index in [-0.39, 0.29) is 29.7 Å². The molecule has 9 nitrogen and oxygen atoms in total. The Kier molecular flexibility index (Phi) is 9.67. The van der Waals surface area contributed by atoms with Gasteiger partial charge in [-0.15, -0.1) is 0 Å². The first kappa shape index (κ1) is 30.1. The molecule has 1 amide bonds. The van der Waals surface area contributed by atoms with Gasteiger partial charge in [0, 0.05) is 44.0 Å². The highest BCUT2D eigenvalue weighted by Crippen LogP contribution is 2.38. The number of benzene rings is 1. The Labute approximate surface area is 238 Å². The monoisotopic (exact) mass is 569 g/mol. The minimum Gasteiger partial charge on any atom is -0.493 e. The largest absolute Gasteiger partial charge is 0.493 e. The molecule has 0 atom stereocenters. The molecule has 0 spiro atoms. The summed E-state index contributed by atoms with van der Waals surface area (Å²) >= 11 is 0. The van der Waals surface area contributed by atoms with Crippen LogP contribution in [0, 0.1) is 11.6 Å². The third-order valence-corrected chi connectivity index (χ3v) is 6.87. The molecule has 0 unspecified atom stereocenters. The lowest BCUT2D eigenvalue weighted by atomic mass is 9.90. The number of rotatable bonds is 8. The summed E-state index contributed by atoms with van der Waals surface area (Å²) in [6.07, 6.45) is 9.98. The molecule has 220 valence electrons. The van der Waals surface area contributed by atoms with Crippen LogP contribution in [0.25, 0.3) is 22.6 Å². The third kappa shape index (κ3) is 7.86. The van der Waals surface area contributed by atoms with E-state index in [4.69, 9.17) is 14.5 Å². The molecule has 1 aromatic carbocycles. The Hall–Kier alpha value is -3.89. The smallest absolute Gasteiger partial charge is 0.410 e. The molecule has 1 aliphatic rings. The van der Waals surface area contributed by atoms with E-state index in [1.807, 2.05) is 0 Å². The predicted octanol–water partition coefficient (Wildman–Crippen LogP) is 6.25. The number of aromatic nitrogens is 4. The molecular formula is C30H37F2N5O4. The predicted molar refractivity (Wildman–Crippen MR) is 151 cm³/mol. The van der Waals surface area contributed by atoms with E-state index in [9.17, 15) is 9.59 Å². The molecule has 2 aromatic heterocycles. The van der Waals surface area contributed by atoms with Crippen LogP contribution < -0.4 is 10.3 Å². The first-order chi connectivity index (χ1) is 19.5. The zero-order chi connectivity index (χ0) is 29.6. The van der Waals surface area contributed by atoms with Crippen LogP contribution in [0.15, 0.2) is 35.5 Å². The topological polar surface area (TPSA) is 110 Å². The molecule has 1 N–H and O–H groups in total. The summed E-state index contributed by atoms with van der Waals surface area (Å²) in [5.41, 5.74) is -1.05. The maximum absolute atomic E-state index is 15.5. The van der Waals surface area contributed by atoms with Crippen LogP contribution in [-0.2, 0) is 4.74 Å². The zero-order valence-corrected chi connectivity index (χ0v) is 24.0. The molecule has 11 heteroatoms. The summed E-state index contributed by atoms with van der Waals surface area (Å²) in [4.78, 5) is 42.6. The molecule has 1 fully saturated rings. The maximum atomic E-state index is 15.5. The number of nitrogens with one attached hydrogen (secondary N) is 1. The van der Waals surface area contributed by atoms with Crippen LogP contribution in [0.1, 0.15) is 77.3 Å². The number of carbonyl (C=O) groups is 1. The Bertz CT molecular complexity index is 1380. The SMILES string of the molecule is CN(CCCOc1cc(F)c(-c2c(C3CCCCCC3)nc(-c3cnccn3)[nH]c2=O)c(F)c1)C(=O)OC(C)(C)C. The number of amides is 1. The summed E-state index contributed by atoms with van der Waals surface area (Å²) in [5, 5.41) is 0. The van der Waals surface area contributed by atoms with Gasteiger partial charge < -0.3 is 19.4 Å². The molecule has 0 bridgehead atoms. The summed E-state index contributed by atoms with van der Waals surface area (Å²) < 4.78 is 42.0. The lowest BCUT2D eigenvalue weighted by molar-refractivity contribution is 0.0292. The molecule has 1 aliphatic carbocycles. The second-order valence-electron chi connectivity index (χ2n) is 11.3. The average molecular weight is 570 g/mol. The lowest BCUT2D eigenvalue weighted by Gasteiger charge is -2.24. The van der Waals surface area contributed by atoms with E-state index in [0.29, 0.717) is 24.4 Å². The Morgan fingerprint density at radius 3 is 2.37 bits per heavy atom. The quantitative estimate of drug-likeness (QED) is 0.252. The summed E-state index contributed by atoms with van der Waals surface area (Å²) in [6.45, 7) is 5.80. The van der Waals surface area contributed by atoms with Gasteiger partial charge in [0.1, 0.15) is 28.7 Å². The van der Waals surface area contributed by atoms with Crippen LogP contribution in [0.4, 0.5) is 13.6 Å². The molecule has 2 heterocycles. The van der Waals surface area contributed by atoms with Crippen LogP contribution in [0.3, 0.4) is 0 Å². The Balaban J connectivity index is 1.58. The van der Waals surface area contributed by atoms with Gasteiger partial charge in [0.25, 0.3) is 5.56 Å². The number of nitrogens with zero attached hydrogens (tertiary/aromatic N) is 4. The van der Waals surface area contributed by atoms with Crippen molar-refractivity contribution >= 4 is 6.09 Å². The first-order valence-electron chi connectivity index (χ1n) is 14.0. The Morgan fingerprint density at radius 1 is 1.07 bits per heavy atom. The van der Waals surface area contributed by atoms with Crippen molar-refractivity contribution in [3.63, 3.8) is 0 Å². The van der Waals surface area contributed by atoms with Crippen molar-refractivity contribution in [3.05, 3.63) is 58.4 Å². The standard InChI is InChI=1S/C30H37F2N5O4/c1-30(2,3)41-29(39)37(4)14-9-15-40-20-16-21(31)24(22(32)17-20)25-26(19-10-7-5-6-8-11-19)35-27(36-28(25)38)23-18-33-12-13-34-23/h12-13,16-19H,5-11,14-15H2,1-4H3,(H,35,36,38). The molecule has 3 aromatic rings. The summed E-state index contributed by atoms with van der Waals surface area (Å²) in [7, 11) is 1.61. The molecule has 0 radical (unpaired) electrons. The van der Waals surface area contributed by atoms with Gasteiger partial charge in [0.2, 0.25) is 0 Å². The minimum absolute atomic E-state index is 0.0137. The van der Waals surface area contributed by atoms with Crippen molar-refractivity contribution in [2.75, 3.05) is 20.2 Å². The molecule has 41 heavy (non-hydrogen) atoms. The van der Waals surface area contributed by atoms with Crippen molar-refractivity contribution in [1.82, 2.24) is 24.8 Å². The molecule has 0 saturated heterocycles. The van der Waals surface area contributed by atoms with Gasteiger partial charge in [0.05, 0.1) is 29.6 Å². The van der Waals surface area contributed by atoms with E-state index >= 15 is 8.78 Å². The second-order valence-corrected chi connectivity index (χ2v) is 11.3. The highest BCUT2D eigenvalue weighted by atomic mass is 19.1. The number of hydrogen-bond donors (Lipinski definition) is 1. The number of hydrogen-bond acceptors (Lipinski definition) is 7. The van der Waals surface area contributed by atoms with Crippen molar-refractivity contribution in [1.29, 1.82) is 0 Å². The third-order valence-electron chi connectivity index (χ3n) is 6.87. The van der Waals surface area contributed by atoms with Crippen molar-refractivity contribution in [2.24, 2.45) is 0 Å². The van der Waals surface area contributed by atoms with Crippen LogP contribution >= 0.6 is 0 Å². The van der Waals surface area contributed by atoms with Crippen LogP contribution in [-0.4, -0.2) is 56.7 Å². The number of H-pyrrole nitrogens is 1. The highest BCUT2D eigenvalue weighted by Gasteiger charge is 2.28. The van der Waals surface area contributed by atoms with Gasteiger partial charge in [-0.25, -0.2) is 23.5 Å². The van der Waals surface area contributed by atoms with Crippen molar-refractivity contribution < 1.29 is 23.0 Å². The Morgan fingerprint density at radius 2 is 1.76 bits per heavy atom. The fourth-order valence-electron chi connectivity index (χ4n) is 4.92. The second kappa shape index (κ2) is 13.2. The highest BCUT2D eigenvalue weighted by molar-refractivity contribution is 5.69. The molecular weight excluding hydrogens is 532 g/mol. The van der Waals surface area contributed by atoms with E-state index in [0.717, 1.165) is 50.7 Å². The lowest BCUT2D eigenvalue weighted by Crippen LogP contribution is -2.35. The van der Waals surface area contributed by atoms with E-state index in [2.05, 4.69) is 15.0 Å². The molecule has 4 rings (SSSR count). The molecule has 0 aliphatic heterocycles. The summed E-state index contributed by atoms with van der Waals surface area (Å²) in [5.74, 6) is -1.76. The number of halogens is 2. The van der Waals surface area contributed by atoms with E-state index in [1.54, 1.807) is 27.8 Å². The first-order valence-corrected chi connectivity index (χ1v) is 14.0. The fourth-order valence-corrected chi connectivity index (χ4v) is 4.92. The number of ether oxygens (including phenoxy) is 2.